The second-order valence-corrected chi connectivity index (χ2v) is 5.65. The van der Waals surface area contributed by atoms with Gasteiger partial charge in [0.1, 0.15) is 11.6 Å². The first kappa shape index (κ1) is 14.5. The first-order chi connectivity index (χ1) is 9.45. The van der Waals surface area contributed by atoms with Gasteiger partial charge in [0.2, 0.25) is 5.91 Å². The summed E-state index contributed by atoms with van der Waals surface area (Å²) in [4.78, 5) is 16.4. The molecule has 0 spiro atoms. The van der Waals surface area contributed by atoms with Gasteiger partial charge in [-0.3, -0.25) is 14.4 Å². The molecule has 1 aromatic heterocycles. The third-order valence-electron chi connectivity index (χ3n) is 3.93. The molecule has 0 saturated carbocycles. The van der Waals surface area contributed by atoms with Crippen LogP contribution in [0.1, 0.15) is 26.8 Å². The summed E-state index contributed by atoms with van der Waals surface area (Å²) in [5.41, 5.74) is -0.470. The quantitative estimate of drug-likeness (QED) is 0.822. The fourth-order valence-corrected chi connectivity index (χ4v) is 2.44. The highest BCUT2D eigenvalue weighted by Gasteiger charge is 2.32. The Bertz CT molecular complexity index is 494. The van der Waals surface area contributed by atoms with Gasteiger partial charge in [-0.25, -0.2) is 0 Å². The van der Waals surface area contributed by atoms with E-state index >= 15 is 0 Å². The topological polar surface area (TPSA) is 65.2 Å². The molecule has 1 aliphatic rings. The highest BCUT2D eigenvalue weighted by molar-refractivity contribution is 5.80. The SMILES string of the molecule is CC(C(=O)N1CCN(C(C)(C)C#N)CC1)n1cccn1. The van der Waals surface area contributed by atoms with Crippen LogP contribution in [0.25, 0.3) is 0 Å². The summed E-state index contributed by atoms with van der Waals surface area (Å²) in [5, 5.41) is 13.3. The third kappa shape index (κ3) is 2.83. The highest BCUT2D eigenvalue weighted by atomic mass is 16.2. The van der Waals surface area contributed by atoms with E-state index in [4.69, 9.17) is 5.26 Å². The molecule has 0 aliphatic carbocycles. The summed E-state index contributed by atoms with van der Waals surface area (Å²) in [7, 11) is 0. The average Bonchev–Trinajstić information content (AvgIpc) is 3.00. The van der Waals surface area contributed by atoms with Crippen molar-refractivity contribution in [1.82, 2.24) is 19.6 Å². The summed E-state index contributed by atoms with van der Waals surface area (Å²) < 4.78 is 1.67. The molecule has 2 heterocycles. The lowest BCUT2D eigenvalue weighted by Crippen LogP contribution is -2.56. The third-order valence-corrected chi connectivity index (χ3v) is 3.93. The van der Waals surface area contributed by atoms with Crippen molar-refractivity contribution in [3.8, 4) is 6.07 Å². The maximum absolute atomic E-state index is 12.4. The van der Waals surface area contributed by atoms with Crippen LogP contribution in [0.4, 0.5) is 0 Å². The molecule has 1 unspecified atom stereocenters. The standard InChI is InChI=1S/C14H21N5O/c1-12(19-6-4-5-16-19)13(20)17-7-9-18(10-8-17)14(2,3)11-15/h4-6,12H,7-10H2,1-3H3. The van der Waals surface area contributed by atoms with Crippen molar-refractivity contribution in [2.45, 2.75) is 32.4 Å². The van der Waals surface area contributed by atoms with Gasteiger partial charge in [0.25, 0.3) is 0 Å². The lowest BCUT2D eigenvalue weighted by atomic mass is 10.0. The molecule has 0 radical (unpaired) electrons. The van der Waals surface area contributed by atoms with E-state index in [9.17, 15) is 4.79 Å². The van der Waals surface area contributed by atoms with Gasteiger partial charge in [0, 0.05) is 38.6 Å². The van der Waals surface area contributed by atoms with Crippen LogP contribution in [-0.2, 0) is 4.79 Å². The summed E-state index contributed by atoms with van der Waals surface area (Å²) in [5.74, 6) is 0.0862. The van der Waals surface area contributed by atoms with Gasteiger partial charge in [-0.05, 0) is 26.8 Å². The van der Waals surface area contributed by atoms with Crippen molar-refractivity contribution in [3.05, 3.63) is 18.5 Å². The Balaban J connectivity index is 1.94. The van der Waals surface area contributed by atoms with Crippen LogP contribution in [0.2, 0.25) is 0 Å². The van der Waals surface area contributed by atoms with E-state index in [1.54, 1.807) is 17.1 Å². The van der Waals surface area contributed by atoms with Crippen molar-refractivity contribution in [2.75, 3.05) is 26.2 Å². The van der Waals surface area contributed by atoms with E-state index in [-0.39, 0.29) is 11.9 Å². The number of rotatable bonds is 3. The average molecular weight is 275 g/mol. The number of aromatic nitrogens is 2. The van der Waals surface area contributed by atoms with E-state index in [0.29, 0.717) is 13.1 Å². The Morgan fingerprint density at radius 1 is 1.35 bits per heavy atom. The maximum Gasteiger partial charge on any atom is 0.247 e. The van der Waals surface area contributed by atoms with Gasteiger partial charge < -0.3 is 4.90 Å². The number of amides is 1. The number of nitrogens with zero attached hydrogens (tertiary/aromatic N) is 5. The molecule has 1 aromatic rings. The number of hydrogen-bond donors (Lipinski definition) is 0. The minimum Gasteiger partial charge on any atom is -0.338 e. The van der Waals surface area contributed by atoms with Crippen LogP contribution < -0.4 is 0 Å². The van der Waals surface area contributed by atoms with E-state index in [1.807, 2.05) is 31.7 Å². The van der Waals surface area contributed by atoms with Gasteiger partial charge in [-0.15, -0.1) is 0 Å². The van der Waals surface area contributed by atoms with Crippen LogP contribution in [0.15, 0.2) is 18.5 Å². The van der Waals surface area contributed by atoms with Gasteiger partial charge in [-0.1, -0.05) is 0 Å². The molecule has 0 N–H and O–H groups in total. The molecular weight excluding hydrogens is 254 g/mol. The summed E-state index contributed by atoms with van der Waals surface area (Å²) >= 11 is 0. The van der Waals surface area contributed by atoms with Crippen molar-refractivity contribution >= 4 is 5.91 Å². The molecule has 1 atom stereocenters. The van der Waals surface area contributed by atoms with Crippen LogP contribution >= 0.6 is 0 Å². The largest absolute Gasteiger partial charge is 0.338 e. The minimum absolute atomic E-state index is 0.0862. The fourth-order valence-electron chi connectivity index (χ4n) is 2.44. The number of hydrogen-bond acceptors (Lipinski definition) is 4. The zero-order chi connectivity index (χ0) is 14.8. The molecule has 0 bridgehead atoms. The lowest BCUT2D eigenvalue weighted by Gasteiger charge is -2.41. The molecule has 0 aromatic carbocycles. The predicted octanol–water partition coefficient (Wildman–Crippen LogP) is 0.890. The first-order valence-electron chi connectivity index (χ1n) is 6.90. The zero-order valence-corrected chi connectivity index (χ0v) is 12.3. The number of carbonyl (C=O) groups is 1. The van der Waals surface area contributed by atoms with Crippen LogP contribution in [0.5, 0.6) is 0 Å². The van der Waals surface area contributed by atoms with Crippen molar-refractivity contribution in [3.63, 3.8) is 0 Å². The first-order valence-corrected chi connectivity index (χ1v) is 6.90. The highest BCUT2D eigenvalue weighted by Crippen LogP contribution is 2.17. The van der Waals surface area contributed by atoms with Gasteiger partial charge in [-0.2, -0.15) is 10.4 Å². The molecule has 1 aliphatic heterocycles. The summed E-state index contributed by atoms with van der Waals surface area (Å²) in [6.45, 7) is 8.48. The van der Waals surface area contributed by atoms with E-state index < -0.39 is 5.54 Å². The normalized spacial score (nSPS) is 18.6. The second-order valence-electron chi connectivity index (χ2n) is 5.65. The maximum atomic E-state index is 12.4. The smallest absolute Gasteiger partial charge is 0.247 e. The Kier molecular flexibility index (Phi) is 4.09. The molecular formula is C14H21N5O. The van der Waals surface area contributed by atoms with Crippen LogP contribution in [0, 0.1) is 11.3 Å². The Labute approximate surface area is 119 Å². The Hall–Kier alpha value is -1.87. The van der Waals surface area contributed by atoms with E-state index in [2.05, 4.69) is 16.1 Å². The van der Waals surface area contributed by atoms with E-state index in [0.717, 1.165) is 13.1 Å². The molecule has 6 heteroatoms. The summed E-state index contributed by atoms with van der Waals surface area (Å²) in [6, 6.07) is 3.85. The monoisotopic (exact) mass is 275 g/mol. The molecule has 108 valence electrons. The predicted molar refractivity (Wildman–Crippen MR) is 74.8 cm³/mol. The molecule has 2 rings (SSSR count). The minimum atomic E-state index is -0.470. The Morgan fingerprint density at radius 3 is 2.50 bits per heavy atom. The number of nitriles is 1. The summed E-state index contributed by atoms with van der Waals surface area (Å²) in [6.07, 6.45) is 3.48. The van der Waals surface area contributed by atoms with Gasteiger partial charge in [0.05, 0.1) is 6.07 Å². The number of carbonyl (C=O) groups excluding carboxylic acids is 1. The number of piperazine rings is 1. The molecule has 6 nitrogen and oxygen atoms in total. The lowest BCUT2D eigenvalue weighted by molar-refractivity contribution is -0.136. The molecule has 1 amide bonds. The van der Waals surface area contributed by atoms with Crippen molar-refractivity contribution < 1.29 is 4.79 Å². The fraction of sp³-hybridized carbons (Fsp3) is 0.643. The van der Waals surface area contributed by atoms with E-state index in [1.165, 1.54) is 0 Å². The molecule has 1 fully saturated rings. The zero-order valence-electron chi connectivity index (χ0n) is 12.3. The van der Waals surface area contributed by atoms with Crippen LogP contribution in [0.3, 0.4) is 0 Å². The molecule has 1 saturated heterocycles. The van der Waals surface area contributed by atoms with Gasteiger partial charge >= 0.3 is 0 Å². The van der Waals surface area contributed by atoms with Crippen molar-refractivity contribution in [2.24, 2.45) is 0 Å². The van der Waals surface area contributed by atoms with Gasteiger partial charge in [0.15, 0.2) is 0 Å². The molecule has 20 heavy (non-hydrogen) atoms. The second kappa shape index (κ2) is 5.63. The van der Waals surface area contributed by atoms with Crippen molar-refractivity contribution in [1.29, 1.82) is 5.26 Å². The Morgan fingerprint density at radius 2 is 2.00 bits per heavy atom. The van der Waals surface area contributed by atoms with Crippen LogP contribution in [-0.4, -0.2) is 57.2 Å².